The van der Waals surface area contributed by atoms with Crippen LogP contribution in [0.4, 0.5) is 0 Å². The van der Waals surface area contributed by atoms with E-state index < -0.39 is 5.60 Å². The molecule has 6 heteroatoms. The van der Waals surface area contributed by atoms with Crippen molar-refractivity contribution < 1.29 is 19.0 Å². The van der Waals surface area contributed by atoms with Crippen molar-refractivity contribution in [3.8, 4) is 11.5 Å². The molecule has 2 heterocycles. The second kappa shape index (κ2) is 10.9. The van der Waals surface area contributed by atoms with Crippen molar-refractivity contribution in [1.29, 1.82) is 0 Å². The van der Waals surface area contributed by atoms with Crippen LogP contribution in [-0.4, -0.2) is 30.8 Å². The van der Waals surface area contributed by atoms with E-state index in [4.69, 9.17) is 13.9 Å². The van der Waals surface area contributed by atoms with Gasteiger partial charge in [0, 0.05) is 6.54 Å². The molecule has 0 aliphatic carbocycles. The number of furan rings is 1. The number of methoxy groups -OCH3 is 2. The van der Waals surface area contributed by atoms with E-state index in [1.807, 2.05) is 60.7 Å². The lowest BCUT2D eigenvalue weighted by Crippen LogP contribution is -2.28. The monoisotopic (exact) mass is 477 g/mol. The number of hydrogen-bond donors (Lipinski definition) is 1. The maximum atomic E-state index is 12.1. The molecule has 0 unspecified atom stereocenters. The van der Waals surface area contributed by atoms with Gasteiger partial charge in [0.2, 0.25) is 0 Å². The quantitative estimate of drug-likeness (QED) is 0.285. The van der Waals surface area contributed by atoms with E-state index in [2.05, 4.69) is 28.7 Å². The first-order valence-corrected chi connectivity index (χ1v) is 12.3. The van der Waals surface area contributed by atoms with E-state index in [1.54, 1.807) is 25.6 Å². The number of hydrogen-bond acceptors (Lipinski definition) is 6. The smallest absolute Gasteiger partial charge is 0.173 e. The summed E-state index contributed by atoms with van der Waals surface area (Å²) in [6.07, 6.45) is 1.05. The molecule has 0 fully saturated rings. The Morgan fingerprint density at radius 2 is 1.47 bits per heavy atom. The summed E-state index contributed by atoms with van der Waals surface area (Å²) in [5, 5.41) is 16.4. The summed E-state index contributed by atoms with van der Waals surface area (Å²) in [5.74, 6) is 2.75. The van der Waals surface area contributed by atoms with Gasteiger partial charge < -0.3 is 19.0 Å². The standard InChI is InChI=1S/C28H31NO4S/c1-4-16-29(18-21-15-17-34-20-21)19-26-13-14-27(33-26)28(30,22-5-9-24(31-2)10-6-22)23-7-11-25(32-3)12-8-23/h5-15,17,20,30H,4,16,18-19H2,1-3H3. The fraction of sp³-hybridized carbons (Fsp3) is 0.286. The molecule has 178 valence electrons. The Hall–Kier alpha value is -3.06. The zero-order chi connectivity index (χ0) is 24.0. The second-order valence-electron chi connectivity index (χ2n) is 8.28. The van der Waals surface area contributed by atoms with E-state index in [0.29, 0.717) is 23.4 Å². The maximum Gasteiger partial charge on any atom is 0.173 e. The van der Waals surface area contributed by atoms with Crippen LogP contribution in [0.2, 0.25) is 0 Å². The summed E-state index contributed by atoms with van der Waals surface area (Å²) < 4.78 is 16.9. The van der Waals surface area contributed by atoms with Gasteiger partial charge in [-0.25, -0.2) is 0 Å². The van der Waals surface area contributed by atoms with E-state index in [9.17, 15) is 5.11 Å². The van der Waals surface area contributed by atoms with E-state index in [-0.39, 0.29) is 0 Å². The van der Waals surface area contributed by atoms with Crippen molar-refractivity contribution >= 4 is 11.3 Å². The Bertz CT molecular complexity index is 1100. The van der Waals surface area contributed by atoms with Crippen LogP contribution < -0.4 is 9.47 Å². The summed E-state index contributed by atoms with van der Waals surface area (Å²) in [5.41, 5.74) is 1.24. The summed E-state index contributed by atoms with van der Waals surface area (Å²) >= 11 is 1.71. The van der Waals surface area contributed by atoms with Crippen LogP contribution in [-0.2, 0) is 18.7 Å². The molecule has 0 aliphatic rings. The van der Waals surface area contributed by atoms with Crippen LogP contribution >= 0.6 is 11.3 Å². The lowest BCUT2D eigenvalue weighted by Gasteiger charge is -2.28. The van der Waals surface area contributed by atoms with Gasteiger partial charge in [-0.1, -0.05) is 31.2 Å². The minimum absolute atomic E-state index is 0.477. The van der Waals surface area contributed by atoms with Crippen LogP contribution in [0.3, 0.4) is 0 Å². The van der Waals surface area contributed by atoms with Gasteiger partial charge in [0.25, 0.3) is 0 Å². The fourth-order valence-corrected chi connectivity index (χ4v) is 4.82. The third kappa shape index (κ3) is 5.20. The summed E-state index contributed by atoms with van der Waals surface area (Å²) in [7, 11) is 3.25. The minimum atomic E-state index is -1.46. The minimum Gasteiger partial charge on any atom is -0.497 e. The molecule has 2 aromatic heterocycles. The van der Waals surface area contributed by atoms with Gasteiger partial charge in [-0.05, 0) is 82.9 Å². The Kier molecular flexibility index (Phi) is 7.73. The number of aliphatic hydroxyl groups is 1. The topological polar surface area (TPSA) is 55.1 Å². The lowest BCUT2D eigenvalue weighted by molar-refractivity contribution is 0.0951. The van der Waals surface area contributed by atoms with Crippen molar-refractivity contribution in [2.45, 2.75) is 32.0 Å². The Morgan fingerprint density at radius 1 is 0.853 bits per heavy atom. The molecular formula is C28H31NO4S. The van der Waals surface area contributed by atoms with Gasteiger partial charge in [0.15, 0.2) is 5.60 Å². The highest BCUT2D eigenvalue weighted by atomic mass is 32.1. The summed E-state index contributed by atoms with van der Waals surface area (Å²) in [4.78, 5) is 2.37. The molecule has 0 amide bonds. The van der Waals surface area contributed by atoms with Crippen molar-refractivity contribution in [3.63, 3.8) is 0 Å². The van der Waals surface area contributed by atoms with Crippen LogP contribution in [0.1, 0.15) is 41.6 Å². The summed E-state index contributed by atoms with van der Waals surface area (Å²) in [6.45, 7) is 4.69. The Balaban J connectivity index is 1.67. The van der Waals surface area contributed by atoms with E-state index in [1.165, 1.54) is 5.56 Å². The van der Waals surface area contributed by atoms with Crippen LogP contribution in [0.15, 0.2) is 81.9 Å². The van der Waals surface area contributed by atoms with Crippen molar-refractivity contribution in [2.24, 2.45) is 0 Å². The fourth-order valence-electron chi connectivity index (χ4n) is 4.16. The molecule has 2 aromatic carbocycles. The first-order chi connectivity index (χ1) is 16.6. The predicted octanol–water partition coefficient (Wildman–Crippen LogP) is 6.05. The molecule has 0 bridgehead atoms. The average Bonchev–Trinajstić information content (AvgIpc) is 3.56. The Labute approximate surface area is 205 Å². The molecule has 0 saturated carbocycles. The van der Waals surface area contributed by atoms with Gasteiger partial charge in [0.1, 0.15) is 23.0 Å². The molecule has 0 atom stereocenters. The van der Waals surface area contributed by atoms with Gasteiger partial charge in [-0.2, -0.15) is 11.3 Å². The van der Waals surface area contributed by atoms with Gasteiger partial charge in [0.05, 0.1) is 20.8 Å². The SMILES string of the molecule is CCCN(Cc1ccsc1)Cc1ccc(C(O)(c2ccc(OC)cc2)c2ccc(OC)cc2)o1. The zero-order valence-electron chi connectivity index (χ0n) is 19.9. The molecule has 0 radical (unpaired) electrons. The van der Waals surface area contributed by atoms with Crippen molar-refractivity contribution in [2.75, 3.05) is 20.8 Å². The number of rotatable bonds is 11. The summed E-state index contributed by atoms with van der Waals surface area (Å²) in [6, 6.07) is 20.8. The number of nitrogens with zero attached hydrogens (tertiary/aromatic N) is 1. The van der Waals surface area contributed by atoms with Gasteiger partial charge in [-0.15, -0.1) is 0 Å². The van der Waals surface area contributed by atoms with E-state index >= 15 is 0 Å². The van der Waals surface area contributed by atoms with Gasteiger partial charge >= 0.3 is 0 Å². The van der Waals surface area contributed by atoms with Crippen LogP contribution in [0.5, 0.6) is 11.5 Å². The predicted molar refractivity (Wildman–Crippen MR) is 136 cm³/mol. The third-order valence-electron chi connectivity index (χ3n) is 5.94. The number of ether oxygens (including phenoxy) is 2. The van der Waals surface area contributed by atoms with Crippen LogP contribution in [0, 0.1) is 0 Å². The maximum absolute atomic E-state index is 12.1. The Morgan fingerprint density at radius 3 is 1.97 bits per heavy atom. The molecule has 34 heavy (non-hydrogen) atoms. The molecule has 4 rings (SSSR count). The molecule has 1 N–H and O–H groups in total. The highest BCUT2D eigenvalue weighted by molar-refractivity contribution is 7.07. The highest BCUT2D eigenvalue weighted by Crippen LogP contribution is 2.39. The normalized spacial score (nSPS) is 11.7. The average molecular weight is 478 g/mol. The zero-order valence-corrected chi connectivity index (χ0v) is 20.7. The van der Waals surface area contributed by atoms with Crippen molar-refractivity contribution in [1.82, 2.24) is 4.90 Å². The largest absolute Gasteiger partial charge is 0.497 e. The molecule has 0 aliphatic heterocycles. The number of benzene rings is 2. The van der Waals surface area contributed by atoms with Gasteiger partial charge in [-0.3, -0.25) is 4.90 Å². The van der Waals surface area contributed by atoms with Crippen molar-refractivity contribution in [3.05, 3.63) is 106 Å². The van der Waals surface area contributed by atoms with Crippen LogP contribution in [0.25, 0.3) is 0 Å². The number of thiophene rings is 1. The third-order valence-corrected chi connectivity index (χ3v) is 6.67. The second-order valence-corrected chi connectivity index (χ2v) is 9.06. The molecule has 5 nitrogen and oxygen atoms in total. The first kappa shape index (κ1) is 24.1. The molecule has 0 spiro atoms. The lowest BCUT2D eigenvalue weighted by atomic mass is 9.84. The highest BCUT2D eigenvalue weighted by Gasteiger charge is 2.37. The first-order valence-electron chi connectivity index (χ1n) is 11.4. The molecular weight excluding hydrogens is 446 g/mol. The van der Waals surface area contributed by atoms with E-state index in [0.717, 1.165) is 36.8 Å². The molecule has 4 aromatic rings. The molecule has 0 saturated heterocycles.